The Morgan fingerprint density at radius 3 is 2.63 bits per heavy atom. The molecule has 2 fully saturated rings. The van der Waals surface area contributed by atoms with Gasteiger partial charge in [-0.3, -0.25) is 9.59 Å². The molecule has 5 rings (SSSR count). The monoisotopic (exact) mass is 411 g/mol. The second-order valence-electron chi connectivity index (χ2n) is 9.87. The van der Waals surface area contributed by atoms with Crippen LogP contribution in [0.5, 0.6) is 0 Å². The molecule has 0 spiro atoms. The summed E-state index contributed by atoms with van der Waals surface area (Å²) in [4.78, 5) is 29.5. The van der Waals surface area contributed by atoms with E-state index in [-0.39, 0.29) is 23.9 Å². The summed E-state index contributed by atoms with van der Waals surface area (Å²) < 4.78 is 7.56. The predicted molar refractivity (Wildman–Crippen MR) is 115 cm³/mol. The number of rotatable bonds is 3. The highest BCUT2D eigenvalue weighted by Gasteiger charge is 2.51. The van der Waals surface area contributed by atoms with E-state index < -0.39 is 5.54 Å². The summed E-state index contributed by atoms with van der Waals surface area (Å²) in [5.41, 5.74) is 1.36. The minimum Gasteiger partial charge on any atom is -0.463 e. The van der Waals surface area contributed by atoms with Crippen molar-refractivity contribution >= 4 is 22.9 Å². The highest BCUT2D eigenvalue weighted by atomic mass is 16.3. The van der Waals surface area contributed by atoms with Crippen LogP contribution in [0.4, 0.5) is 0 Å². The third kappa shape index (κ3) is 3.07. The fourth-order valence-electron chi connectivity index (χ4n) is 6.00. The summed E-state index contributed by atoms with van der Waals surface area (Å²) in [6.45, 7) is 4.67. The number of nitrogens with one attached hydrogen (secondary N) is 1. The van der Waals surface area contributed by atoms with Crippen molar-refractivity contribution in [2.45, 2.75) is 95.8 Å². The molecule has 6 nitrogen and oxygen atoms in total. The van der Waals surface area contributed by atoms with Crippen LogP contribution in [0, 0.1) is 5.92 Å². The zero-order valence-corrected chi connectivity index (χ0v) is 18.2. The molecule has 6 heteroatoms. The lowest BCUT2D eigenvalue weighted by Gasteiger charge is -2.49. The molecule has 2 aromatic rings. The quantitative estimate of drug-likeness (QED) is 0.810. The van der Waals surface area contributed by atoms with Crippen molar-refractivity contribution in [2.24, 2.45) is 5.92 Å². The third-order valence-corrected chi connectivity index (χ3v) is 7.82. The van der Waals surface area contributed by atoms with Gasteiger partial charge in [0.05, 0.1) is 18.3 Å². The minimum atomic E-state index is -0.896. The summed E-state index contributed by atoms with van der Waals surface area (Å²) in [5, 5.41) is 3.36. The molecule has 2 saturated carbocycles. The second kappa shape index (κ2) is 7.47. The maximum atomic E-state index is 13.8. The zero-order chi connectivity index (χ0) is 20.9. The van der Waals surface area contributed by atoms with Crippen LogP contribution in [0.15, 0.2) is 22.8 Å². The van der Waals surface area contributed by atoms with E-state index in [2.05, 4.69) is 12.2 Å². The van der Waals surface area contributed by atoms with Gasteiger partial charge in [-0.2, -0.15) is 0 Å². The highest BCUT2D eigenvalue weighted by molar-refractivity contribution is 6.03. The predicted octanol–water partition coefficient (Wildman–Crippen LogP) is 4.48. The summed E-state index contributed by atoms with van der Waals surface area (Å²) in [5.74, 6) is 0.446. The van der Waals surface area contributed by atoms with E-state index >= 15 is 0 Å². The molecule has 3 aliphatic rings. The molecule has 30 heavy (non-hydrogen) atoms. The Kier molecular flexibility index (Phi) is 4.91. The van der Waals surface area contributed by atoms with Crippen LogP contribution in [0.2, 0.25) is 0 Å². The molecule has 162 valence electrons. The molecule has 0 saturated heterocycles. The first kappa shape index (κ1) is 19.7. The van der Waals surface area contributed by atoms with E-state index in [0.717, 1.165) is 50.5 Å². The Morgan fingerprint density at radius 1 is 1.13 bits per heavy atom. The number of furan rings is 1. The Morgan fingerprint density at radius 2 is 1.87 bits per heavy atom. The van der Waals surface area contributed by atoms with Crippen LogP contribution < -0.4 is 5.32 Å². The van der Waals surface area contributed by atoms with Gasteiger partial charge in [0.25, 0.3) is 5.91 Å². The van der Waals surface area contributed by atoms with Gasteiger partial charge in [-0.05, 0) is 38.5 Å². The number of hydrogen-bond acceptors (Lipinski definition) is 3. The average Bonchev–Trinajstić information content (AvgIpc) is 3.33. The fraction of sp³-hybridized carbons (Fsp3) is 0.667. The Labute approximate surface area is 178 Å². The van der Waals surface area contributed by atoms with Crippen molar-refractivity contribution in [3.05, 3.63) is 24.1 Å². The van der Waals surface area contributed by atoms with Gasteiger partial charge in [0.2, 0.25) is 5.91 Å². The van der Waals surface area contributed by atoms with Crippen LogP contribution in [-0.2, 0) is 11.3 Å². The molecule has 1 aliphatic heterocycles. The number of amides is 2. The largest absolute Gasteiger partial charge is 0.463 e. The topological polar surface area (TPSA) is 67.5 Å². The van der Waals surface area contributed by atoms with Crippen molar-refractivity contribution in [1.29, 1.82) is 0 Å². The number of nitrogens with zero attached hydrogens (tertiary/aromatic N) is 2. The molecule has 0 aromatic carbocycles. The lowest BCUT2D eigenvalue weighted by Crippen LogP contribution is -2.67. The van der Waals surface area contributed by atoms with E-state index in [1.54, 1.807) is 6.26 Å². The first-order valence-corrected chi connectivity index (χ1v) is 11.7. The van der Waals surface area contributed by atoms with Crippen molar-refractivity contribution < 1.29 is 14.0 Å². The van der Waals surface area contributed by atoms with Gasteiger partial charge in [-0.25, -0.2) is 0 Å². The molecular weight excluding hydrogens is 378 g/mol. The van der Waals surface area contributed by atoms with E-state index in [4.69, 9.17) is 4.42 Å². The molecular formula is C24H33N3O3. The van der Waals surface area contributed by atoms with E-state index in [1.165, 1.54) is 12.8 Å². The molecule has 0 radical (unpaired) electrons. The van der Waals surface area contributed by atoms with Crippen molar-refractivity contribution in [1.82, 2.24) is 14.8 Å². The first-order chi connectivity index (χ1) is 14.5. The van der Waals surface area contributed by atoms with Crippen molar-refractivity contribution in [2.75, 3.05) is 0 Å². The van der Waals surface area contributed by atoms with Gasteiger partial charge in [0, 0.05) is 24.2 Å². The van der Waals surface area contributed by atoms with Gasteiger partial charge >= 0.3 is 0 Å². The summed E-state index contributed by atoms with van der Waals surface area (Å²) >= 11 is 0. The summed E-state index contributed by atoms with van der Waals surface area (Å²) in [6.07, 6.45) is 11.6. The normalized spacial score (nSPS) is 30.5. The van der Waals surface area contributed by atoms with E-state index in [0.29, 0.717) is 23.7 Å². The molecule has 1 N–H and O–H groups in total. The smallest absolute Gasteiger partial charge is 0.271 e. The number of carbonyl (C=O) groups is 2. The molecule has 3 heterocycles. The molecule has 3 atom stereocenters. The maximum absolute atomic E-state index is 13.8. The molecule has 2 amide bonds. The van der Waals surface area contributed by atoms with Gasteiger partial charge in [-0.15, -0.1) is 0 Å². The SMILES string of the molecule is CC1CCCCC1NC(=O)C1(C)Cn2c(cc3occc32)C(=O)N1C1CCCCC1. The first-order valence-electron chi connectivity index (χ1n) is 11.7. The third-order valence-electron chi connectivity index (χ3n) is 7.82. The maximum Gasteiger partial charge on any atom is 0.271 e. The van der Waals surface area contributed by atoms with Crippen molar-refractivity contribution in [3.8, 4) is 0 Å². The Hall–Kier alpha value is -2.24. The molecule has 3 unspecified atom stereocenters. The van der Waals surface area contributed by atoms with Crippen LogP contribution in [0.1, 0.15) is 82.1 Å². The standard InChI is InChI=1S/C24H33N3O3/c1-16-8-6-7-11-18(16)25-23(29)24(2)15-26-19-12-13-30-21(19)14-20(26)22(28)27(24)17-9-4-3-5-10-17/h12-14,16-18H,3-11,15H2,1-2H3,(H,25,29). The lowest BCUT2D eigenvalue weighted by molar-refractivity contribution is -0.136. The Balaban J connectivity index is 1.53. The van der Waals surface area contributed by atoms with Crippen LogP contribution in [0.3, 0.4) is 0 Å². The average molecular weight is 412 g/mol. The van der Waals surface area contributed by atoms with Gasteiger partial charge in [-0.1, -0.05) is 39.0 Å². The lowest BCUT2D eigenvalue weighted by atomic mass is 9.83. The summed E-state index contributed by atoms with van der Waals surface area (Å²) in [6, 6.07) is 4.06. The number of aromatic nitrogens is 1. The van der Waals surface area contributed by atoms with Crippen LogP contribution in [-0.4, -0.2) is 38.9 Å². The molecule has 0 bridgehead atoms. The zero-order valence-electron chi connectivity index (χ0n) is 18.2. The second-order valence-corrected chi connectivity index (χ2v) is 9.87. The van der Waals surface area contributed by atoms with Gasteiger partial charge in [0.1, 0.15) is 11.2 Å². The number of fused-ring (bicyclic) bond motifs is 3. The molecule has 2 aromatic heterocycles. The van der Waals surface area contributed by atoms with Crippen LogP contribution >= 0.6 is 0 Å². The van der Waals surface area contributed by atoms with E-state index in [1.807, 2.05) is 28.5 Å². The van der Waals surface area contributed by atoms with Gasteiger partial charge < -0.3 is 19.2 Å². The van der Waals surface area contributed by atoms with Gasteiger partial charge in [0.15, 0.2) is 5.58 Å². The minimum absolute atomic E-state index is 0.00355. The van der Waals surface area contributed by atoms with E-state index in [9.17, 15) is 9.59 Å². The van der Waals surface area contributed by atoms with Crippen LogP contribution in [0.25, 0.3) is 11.1 Å². The summed E-state index contributed by atoms with van der Waals surface area (Å²) in [7, 11) is 0. The Bertz CT molecular complexity index is 954. The highest BCUT2D eigenvalue weighted by Crippen LogP contribution is 2.38. The number of hydrogen-bond donors (Lipinski definition) is 1. The molecule has 2 aliphatic carbocycles. The van der Waals surface area contributed by atoms with Crippen molar-refractivity contribution in [3.63, 3.8) is 0 Å². The fourth-order valence-corrected chi connectivity index (χ4v) is 6.00. The number of carbonyl (C=O) groups excluding carboxylic acids is 2.